The van der Waals surface area contributed by atoms with Gasteiger partial charge in [0.25, 0.3) is 0 Å². The maximum absolute atomic E-state index is 12.6. The highest BCUT2D eigenvalue weighted by molar-refractivity contribution is 5.79. The van der Waals surface area contributed by atoms with Gasteiger partial charge in [0.05, 0.1) is 13.2 Å². The van der Waals surface area contributed by atoms with Crippen molar-refractivity contribution in [2.45, 2.75) is 219 Å². The zero-order valence-electron chi connectivity index (χ0n) is 30.2. The Bertz CT molecular complexity index is 655. The number of carbonyl (C=O) groups excluding carboxylic acids is 3. The quantitative estimate of drug-likeness (QED) is 0.0420. The van der Waals surface area contributed by atoms with Crippen LogP contribution in [0.3, 0.4) is 0 Å². The Balaban J connectivity index is 4.16. The summed E-state index contributed by atoms with van der Waals surface area (Å²) < 4.78 is 11.7. The number of nitrogens with one attached hydrogen (secondary N) is 1. The molecule has 0 aliphatic carbocycles. The molecule has 0 aliphatic rings. The van der Waals surface area contributed by atoms with Crippen molar-refractivity contribution in [1.29, 1.82) is 0 Å². The van der Waals surface area contributed by atoms with E-state index in [9.17, 15) is 14.4 Å². The van der Waals surface area contributed by atoms with Crippen molar-refractivity contribution >= 4 is 18.2 Å². The third-order valence-corrected chi connectivity index (χ3v) is 8.81. The minimum Gasteiger partial charge on any atom is -0.462 e. The smallest absolute Gasteiger partial charge is 0.306 e. The number of hydrogen-bond donors (Lipinski definition) is 1. The van der Waals surface area contributed by atoms with Crippen LogP contribution in [0.4, 0.5) is 0 Å². The Kier molecular flexibility index (Phi) is 34.3. The van der Waals surface area contributed by atoms with E-state index in [0.717, 1.165) is 51.2 Å². The minimum atomic E-state index is -0.633. The number of ether oxygens (including phenoxy) is 2. The predicted octanol–water partition coefficient (Wildman–Crippen LogP) is 11.0. The molecule has 1 amide bonds. The van der Waals surface area contributed by atoms with Gasteiger partial charge in [-0.1, -0.05) is 162 Å². The van der Waals surface area contributed by atoms with Crippen molar-refractivity contribution in [3.8, 4) is 0 Å². The van der Waals surface area contributed by atoms with Crippen LogP contribution in [0.25, 0.3) is 0 Å². The van der Waals surface area contributed by atoms with Gasteiger partial charge in [0.1, 0.15) is 18.4 Å². The molecule has 0 heterocycles. The number of aldehydes is 1. The van der Waals surface area contributed by atoms with Crippen molar-refractivity contribution in [2.24, 2.45) is 0 Å². The number of esters is 1. The second-order valence-corrected chi connectivity index (χ2v) is 13.4. The highest BCUT2D eigenvalue weighted by Gasteiger charge is 2.16. The molecule has 6 nitrogen and oxygen atoms in total. The van der Waals surface area contributed by atoms with Crippen LogP contribution < -0.4 is 5.32 Å². The lowest BCUT2D eigenvalue weighted by Crippen LogP contribution is -2.39. The maximum atomic E-state index is 12.6. The van der Waals surface area contributed by atoms with E-state index in [-0.39, 0.29) is 24.6 Å². The second-order valence-electron chi connectivity index (χ2n) is 13.4. The maximum Gasteiger partial charge on any atom is 0.306 e. The lowest BCUT2D eigenvalue weighted by Gasteiger charge is -2.19. The fourth-order valence-corrected chi connectivity index (χ4v) is 5.83. The largest absolute Gasteiger partial charge is 0.462 e. The minimum absolute atomic E-state index is 0.0815. The van der Waals surface area contributed by atoms with Gasteiger partial charge >= 0.3 is 5.97 Å². The van der Waals surface area contributed by atoms with E-state index in [0.29, 0.717) is 25.9 Å². The van der Waals surface area contributed by atoms with Gasteiger partial charge in [-0.3, -0.25) is 9.59 Å². The summed E-state index contributed by atoms with van der Waals surface area (Å²) in [6.45, 7) is 7.27. The van der Waals surface area contributed by atoms with Crippen LogP contribution in [0.1, 0.15) is 207 Å². The molecule has 0 aliphatic heterocycles. The molecule has 0 aromatic rings. The van der Waals surface area contributed by atoms with E-state index >= 15 is 0 Å². The number of rotatable bonds is 36. The van der Waals surface area contributed by atoms with Gasteiger partial charge in [-0.05, 0) is 25.7 Å². The third-order valence-electron chi connectivity index (χ3n) is 8.81. The van der Waals surface area contributed by atoms with Crippen molar-refractivity contribution in [3.05, 3.63) is 0 Å². The monoisotopic (exact) mass is 638 g/mol. The molecular formula is C39H75NO5. The Hall–Kier alpha value is -1.43. The molecule has 0 unspecified atom stereocenters. The number of unbranched alkanes of at least 4 members (excludes halogenated alkanes) is 22. The summed E-state index contributed by atoms with van der Waals surface area (Å²) in [5, 5.41) is 2.81. The summed E-state index contributed by atoms with van der Waals surface area (Å²) in [4.78, 5) is 36.5. The second kappa shape index (κ2) is 35.4. The molecule has 0 rings (SSSR count). The van der Waals surface area contributed by atoms with Crippen molar-refractivity contribution in [2.75, 3.05) is 13.2 Å². The first-order valence-electron chi connectivity index (χ1n) is 19.6. The van der Waals surface area contributed by atoms with Gasteiger partial charge in [0.2, 0.25) is 5.91 Å². The summed E-state index contributed by atoms with van der Waals surface area (Å²) in [6, 6.07) is -0.633. The summed E-state index contributed by atoms with van der Waals surface area (Å²) in [6.07, 6.45) is 33.6. The zero-order chi connectivity index (χ0) is 33.1. The van der Waals surface area contributed by atoms with E-state index in [1.807, 2.05) is 0 Å². The first-order chi connectivity index (χ1) is 22.1. The van der Waals surface area contributed by atoms with E-state index < -0.39 is 6.04 Å². The molecule has 0 saturated heterocycles. The molecule has 45 heavy (non-hydrogen) atoms. The lowest BCUT2D eigenvalue weighted by molar-refractivity contribution is -0.150. The molecule has 0 spiro atoms. The predicted molar refractivity (Wildman–Crippen MR) is 190 cm³/mol. The normalized spacial score (nSPS) is 12.6. The first-order valence-corrected chi connectivity index (χ1v) is 19.6. The lowest BCUT2D eigenvalue weighted by atomic mass is 10.1. The van der Waals surface area contributed by atoms with Gasteiger partial charge in [-0.25, -0.2) is 0 Å². The van der Waals surface area contributed by atoms with Crippen LogP contribution in [0.2, 0.25) is 0 Å². The molecule has 2 atom stereocenters. The van der Waals surface area contributed by atoms with Crippen LogP contribution in [-0.2, 0) is 23.9 Å². The average Bonchev–Trinajstić information content (AvgIpc) is 3.03. The van der Waals surface area contributed by atoms with Gasteiger partial charge in [-0.15, -0.1) is 0 Å². The molecule has 0 aromatic carbocycles. The van der Waals surface area contributed by atoms with Gasteiger partial charge < -0.3 is 19.6 Å². The summed E-state index contributed by atoms with van der Waals surface area (Å²) in [7, 11) is 0. The Morgan fingerprint density at radius 1 is 0.556 bits per heavy atom. The van der Waals surface area contributed by atoms with Crippen molar-refractivity contribution in [1.82, 2.24) is 5.32 Å². The first kappa shape index (κ1) is 43.6. The van der Waals surface area contributed by atoms with Gasteiger partial charge in [0, 0.05) is 19.3 Å². The number of amides is 1. The summed E-state index contributed by atoms with van der Waals surface area (Å²) in [5.41, 5.74) is 0. The number of carbonyl (C=O) groups is 3. The SMILES string of the molecule is CCCCCCCCCCCCCC(=O)N[C@@H](C=O)COCC[C@@H](CCCCCCC)OC(=O)CCCCCCCCCCC. The fraction of sp³-hybridized carbons (Fsp3) is 0.923. The Labute approximate surface area is 279 Å². The van der Waals surface area contributed by atoms with Gasteiger partial charge in [-0.2, -0.15) is 0 Å². The molecule has 0 bridgehead atoms. The molecule has 0 saturated carbocycles. The number of hydrogen-bond acceptors (Lipinski definition) is 5. The average molecular weight is 638 g/mol. The van der Waals surface area contributed by atoms with Crippen molar-refractivity contribution < 1.29 is 23.9 Å². The molecule has 266 valence electrons. The molecule has 0 aromatic heterocycles. The van der Waals surface area contributed by atoms with Crippen LogP contribution in [0.15, 0.2) is 0 Å². The highest BCUT2D eigenvalue weighted by atomic mass is 16.5. The third kappa shape index (κ3) is 32.3. The van der Waals surface area contributed by atoms with E-state index in [1.54, 1.807) is 0 Å². The van der Waals surface area contributed by atoms with Crippen LogP contribution >= 0.6 is 0 Å². The molecule has 6 heteroatoms. The highest BCUT2D eigenvalue weighted by Crippen LogP contribution is 2.16. The van der Waals surface area contributed by atoms with E-state index in [4.69, 9.17) is 9.47 Å². The van der Waals surface area contributed by atoms with Crippen LogP contribution in [0, 0.1) is 0 Å². The molecule has 0 fully saturated rings. The standard InChI is InChI=1S/C39H75NO5/c1-4-7-10-13-15-17-18-20-21-24-27-30-38(42)40-36(34-41)35-44-33-32-37(29-26-23-12-9-6-3)45-39(43)31-28-25-22-19-16-14-11-8-5-2/h34,36-37H,4-33,35H2,1-3H3,(H,40,42)/t36-,37+/m0/s1. The molecular weight excluding hydrogens is 562 g/mol. The zero-order valence-corrected chi connectivity index (χ0v) is 30.2. The van der Waals surface area contributed by atoms with Crippen molar-refractivity contribution in [3.63, 3.8) is 0 Å². The summed E-state index contributed by atoms with van der Waals surface area (Å²) in [5.74, 6) is -0.182. The Morgan fingerprint density at radius 2 is 0.978 bits per heavy atom. The van der Waals surface area contributed by atoms with Gasteiger partial charge in [0.15, 0.2) is 0 Å². The van der Waals surface area contributed by atoms with E-state index in [2.05, 4.69) is 26.1 Å². The van der Waals surface area contributed by atoms with E-state index in [1.165, 1.54) is 122 Å². The molecule has 0 radical (unpaired) electrons. The Morgan fingerprint density at radius 3 is 1.44 bits per heavy atom. The van der Waals surface area contributed by atoms with Crippen LogP contribution in [0.5, 0.6) is 0 Å². The molecule has 1 N–H and O–H groups in total. The fourth-order valence-electron chi connectivity index (χ4n) is 5.83. The van der Waals surface area contributed by atoms with Crippen LogP contribution in [-0.4, -0.2) is 43.5 Å². The summed E-state index contributed by atoms with van der Waals surface area (Å²) >= 11 is 0. The topological polar surface area (TPSA) is 81.7 Å².